The molecule has 10 heteroatoms. The fourth-order valence-electron chi connectivity index (χ4n) is 4.97. The second-order valence-corrected chi connectivity index (χ2v) is 9.90. The maximum absolute atomic E-state index is 13.6. The van der Waals surface area contributed by atoms with Gasteiger partial charge in [-0.3, -0.25) is 4.57 Å². The number of fused-ring (bicyclic) bond motifs is 1. The van der Waals surface area contributed by atoms with Crippen molar-refractivity contribution in [2.75, 3.05) is 27.2 Å². The third kappa shape index (κ3) is 5.77. The van der Waals surface area contributed by atoms with Crippen molar-refractivity contribution in [3.05, 3.63) is 83.7 Å². The molecule has 1 fully saturated rings. The minimum atomic E-state index is -4.55. The SMILES string of the molecule is COC(=O)c1ccc(-n2cnc3cc(OC4CCN(C)CC4)ccc32)cc1OC(C)c1ccccc1C(F)(F)F. The first kappa shape index (κ1) is 27.5. The van der Waals surface area contributed by atoms with Gasteiger partial charge in [-0.25, -0.2) is 9.78 Å². The fraction of sp³-hybridized carbons (Fsp3) is 0.333. The highest BCUT2D eigenvalue weighted by Gasteiger charge is 2.35. The van der Waals surface area contributed by atoms with Crippen molar-refractivity contribution in [3.8, 4) is 17.2 Å². The van der Waals surface area contributed by atoms with Gasteiger partial charge in [-0.05, 0) is 57.1 Å². The number of nitrogens with zero attached hydrogens (tertiary/aromatic N) is 3. The molecule has 0 saturated carbocycles. The average molecular weight is 554 g/mol. The molecule has 1 aromatic heterocycles. The molecule has 40 heavy (non-hydrogen) atoms. The molecule has 2 heterocycles. The molecule has 1 unspecified atom stereocenters. The summed E-state index contributed by atoms with van der Waals surface area (Å²) in [6.07, 6.45) is -1.83. The number of benzene rings is 3. The zero-order valence-corrected chi connectivity index (χ0v) is 22.4. The molecule has 1 aliphatic rings. The van der Waals surface area contributed by atoms with Gasteiger partial charge in [0.1, 0.15) is 35.6 Å². The van der Waals surface area contributed by atoms with Gasteiger partial charge in [0.2, 0.25) is 0 Å². The summed E-state index contributed by atoms with van der Waals surface area (Å²) in [6.45, 7) is 3.50. The van der Waals surface area contributed by atoms with Crippen molar-refractivity contribution < 1.29 is 32.2 Å². The van der Waals surface area contributed by atoms with Gasteiger partial charge in [-0.2, -0.15) is 13.2 Å². The van der Waals surface area contributed by atoms with Gasteiger partial charge < -0.3 is 19.1 Å². The topological polar surface area (TPSA) is 65.8 Å². The zero-order valence-electron chi connectivity index (χ0n) is 22.4. The van der Waals surface area contributed by atoms with Crippen LogP contribution in [-0.4, -0.2) is 53.8 Å². The van der Waals surface area contributed by atoms with E-state index in [1.807, 2.05) is 22.8 Å². The van der Waals surface area contributed by atoms with Crippen molar-refractivity contribution in [3.63, 3.8) is 0 Å². The molecule has 0 amide bonds. The van der Waals surface area contributed by atoms with E-state index in [-0.39, 0.29) is 23.0 Å². The zero-order chi connectivity index (χ0) is 28.4. The summed E-state index contributed by atoms with van der Waals surface area (Å²) in [4.78, 5) is 19.3. The van der Waals surface area contributed by atoms with Gasteiger partial charge in [0.05, 0.1) is 29.4 Å². The van der Waals surface area contributed by atoms with E-state index < -0.39 is 23.8 Å². The average Bonchev–Trinajstić information content (AvgIpc) is 3.36. The number of imidazole rings is 1. The molecule has 1 saturated heterocycles. The van der Waals surface area contributed by atoms with E-state index in [0.717, 1.165) is 48.8 Å². The Morgan fingerprint density at radius 2 is 1.80 bits per heavy atom. The second-order valence-electron chi connectivity index (χ2n) is 9.90. The molecular weight excluding hydrogens is 523 g/mol. The quantitative estimate of drug-likeness (QED) is 0.245. The lowest BCUT2D eigenvalue weighted by atomic mass is 10.0. The van der Waals surface area contributed by atoms with Crippen molar-refractivity contribution in [2.24, 2.45) is 0 Å². The van der Waals surface area contributed by atoms with Crippen LogP contribution < -0.4 is 9.47 Å². The largest absolute Gasteiger partial charge is 0.490 e. The van der Waals surface area contributed by atoms with Crippen LogP contribution in [0.25, 0.3) is 16.7 Å². The van der Waals surface area contributed by atoms with Gasteiger partial charge in [0, 0.05) is 30.8 Å². The Morgan fingerprint density at radius 3 is 2.52 bits per heavy atom. The predicted molar refractivity (Wildman–Crippen MR) is 144 cm³/mol. The highest BCUT2D eigenvalue weighted by Crippen LogP contribution is 2.37. The minimum Gasteiger partial charge on any atom is -0.490 e. The van der Waals surface area contributed by atoms with Crippen molar-refractivity contribution in [1.29, 1.82) is 0 Å². The smallest absolute Gasteiger partial charge is 0.416 e. The highest BCUT2D eigenvalue weighted by atomic mass is 19.4. The van der Waals surface area contributed by atoms with Crippen molar-refractivity contribution in [2.45, 2.75) is 38.1 Å². The Hall–Kier alpha value is -4.05. The monoisotopic (exact) mass is 553 g/mol. The summed E-state index contributed by atoms with van der Waals surface area (Å²) in [5.41, 5.74) is 1.39. The number of rotatable bonds is 7. The summed E-state index contributed by atoms with van der Waals surface area (Å²) in [5.74, 6) is 0.177. The number of aromatic nitrogens is 2. The number of hydrogen-bond acceptors (Lipinski definition) is 6. The number of methoxy groups -OCH3 is 1. The predicted octanol–water partition coefficient (Wildman–Crippen LogP) is 6.44. The normalized spacial score (nSPS) is 15.7. The Balaban J connectivity index is 1.45. The van der Waals surface area contributed by atoms with E-state index in [9.17, 15) is 18.0 Å². The lowest BCUT2D eigenvalue weighted by molar-refractivity contribution is -0.139. The molecule has 3 aromatic carbocycles. The Labute approximate surface area is 230 Å². The highest BCUT2D eigenvalue weighted by molar-refractivity contribution is 5.93. The molecule has 0 radical (unpaired) electrons. The maximum atomic E-state index is 13.6. The van der Waals surface area contributed by atoms with Crippen LogP contribution in [0.2, 0.25) is 0 Å². The van der Waals surface area contributed by atoms with Gasteiger partial charge >= 0.3 is 12.1 Å². The molecule has 0 N–H and O–H groups in total. The van der Waals surface area contributed by atoms with Crippen LogP contribution in [0.1, 0.15) is 47.4 Å². The van der Waals surface area contributed by atoms with Crippen LogP contribution in [0.3, 0.4) is 0 Å². The number of alkyl halides is 3. The minimum absolute atomic E-state index is 0.0403. The molecule has 1 atom stereocenters. The molecule has 7 nitrogen and oxygen atoms in total. The standard InChI is InChI=1S/C30H30F3N3O4/c1-19(23-6-4-5-7-25(23)30(31,32)33)39-28-16-20(8-10-24(28)29(37)38-3)36-18-34-26-17-22(9-11-27(26)36)40-21-12-14-35(2)15-13-21/h4-11,16-19,21H,12-15H2,1-3H3. The lowest BCUT2D eigenvalue weighted by Crippen LogP contribution is -2.35. The third-order valence-electron chi connectivity index (χ3n) is 7.14. The van der Waals surface area contributed by atoms with E-state index in [4.69, 9.17) is 14.2 Å². The fourth-order valence-corrected chi connectivity index (χ4v) is 4.97. The van der Waals surface area contributed by atoms with E-state index >= 15 is 0 Å². The van der Waals surface area contributed by atoms with E-state index in [2.05, 4.69) is 16.9 Å². The number of carbonyl (C=O) groups is 1. The van der Waals surface area contributed by atoms with Crippen LogP contribution in [0.15, 0.2) is 67.0 Å². The van der Waals surface area contributed by atoms with Gasteiger partial charge in [0.25, 0.3) is 0 Å². The van der Waals surface area contributed by atoms with Crippen LogP contribution >= 0.6 is 0 Å². The van der Waals surface area contributed by atoms with E-state index in [1.165, 1.54) is 38.3 Å². The maximum Gasteiger partial charge on any atom is 0.416 e. The van der Waals surface area contributed by atoms with Crippen molar-refractivity contribution >= 4 is 17.0 Å². The lowest BCUT2D eigenvalue weighted by Gasteiger charge is -2.29. The molecule has 0 aliphatic carbocycles. The van der Waals surface area contributed by atoms with Crippen LogP contribution in [0.5, 0.6) is 11.5 Å². The number of halogens is 3. The summed E-state index contributed by atoms with van der Waals surface area (Å²) >= 11 is 0. The number of carbonyl (C=O) groups excluding carboxylic acids is 1. The van der Waals surface area contributed by atoms with Gasteiger partial charge in [-0.15, -0.1) is 0 Å². The summed E-state index contributed by atoms with van der Waals surface area (Å²) in [7, 11) is 3.34. The van der Waals surface area contributed by atoms with E-state index in [0.29, 0.717) is 5.69 Å². The molecular formula is C30H30F3N3O4. The first-order chi connectivity index (χ1) is 19.1. The number of esters is 1. The molecule has 210 valence electrons. The molecule has 4 aromatic rings. The summed E-state index contributed by atoms with van der Waals surface area (Å²) < 4.78 is 59.8. The number of likely N-dealkylation sites (tertiary alicyclic amines) is 1. The first-order valence-electron chi connectivity index (χ1n) is 13.0. The Morgan fingerprint density at radius 1 is 1.05 bits per heavy atom. The molecule has 0 spiro atoms. The number of ether oxygens (including phenoxy) is 3. The summed E-state index contributed by atoms with van der Waals surface area (Å²) in [5, 5.41) is 0. The van der Waals surface area contributed by atoms with Crippen LogP contribution in [0, 0.1) is 0 Å². The number of hydrogen-bond donors (Lipinski definition) is 0. The molecule has 0 bridgehead atoms. The number of piperidine rings is 1. The Bertz CT molecular complexity index is 1510. The van der Waals surface area contributed by atoms with Crippen LogP contribution in [0.4, 0.5) is 13.2 Å². The third-order valence-corrected chi connectivity index (χ3v) is 7.14. The van der Waals surface area contributed by atoms with Gasteiger partial charge in [-0.1, -0.05) is 18.2 Å². The van der Waals surface area contributed by atoms with E-state index in [1.54, 1.807) is 18.5 Å². The van der Waals surface area contributed by atoms with Crippen LogP contribution in [-0.2, 0) is 10.9 Å². The first-order valence-corrected chi connectivity index (χ1v) is 13.0. The Kier molecular flexibility index (Phi) is 7.71. The second kappa shape index (κ2) is 11.2. The molecule has 1 aliphatic heterocycles. The van der Waals surface area contributed by atoms with Crippen molar-refractivity contribution in [1.82, 2.24) is 14.5 Å². The molecule has 5 rings (SSSR count). The summed E-state index contributed by atoms with van der Waals surface area (Å²) in [6, 6.07) is 15.7. The van der Waals surface area contributed by atoms with Gasteiger partial charge in [0.15, 0.2) is 0 Å².